The standard InChI is InChI=1S/C23H22ClFN2O4S2/c1-13(2)19-12-27(14-7-5-4-6-8-14)18-10-16(24)15(9-21(18)33(30,31)26(19)3)20-11-17(25)22(32-20)23(28)29/h4-11,13,19H,12H2,1-3H3,(H,28,29)/t19-/m0/s1. The minimum atomic E-state index is -3.93. The molecule has 0 saturated heterocycles. The van der Waals surface area contributed by atoms with Crippen molar-refractivity contribution in [1.29, 1.82) is 0 Å². The maximum Gasteiger partial charge on any atom is 0.348 e. The first kappa shape index (κ1) is 23.7. The smallest absolute Gasteiger partial charge is 0.348 e. The molecule has 0 spiro atoms. The summed E-state index contributed by atoms with van der Waals surface area (Å²) in [7, 11) is -2.38. The molecule has 2 aromatic carbocycles. The van der Waals surface area contributed by atoms with Crippen molar-refractivity contribution >= 4 is 50.3 Å². The average Bonchev–Trinajstić information content (AvgIpc) is 3.12. The van der Waals surface area contributed by atoms with Crippen LogP contribution in [0.2, 0.25) is 5.02 Å². The van der Waals surface area contributed by atoms with E-state index >= 15 is 0 Å². The number of anilines is 2. The monoisotopic (exact) mass is 508 g/mol. The highest BCUT2D eigenvalue weighted by Gasteiger charge is 2.39. The van der Waals surface area contributed by atoms with E-state index in [2.05, 4.69) is 0 Å². The Bertz CT molecular complexity index is 1330. The molecule has 0 fully saturated rings. The Labute approximate surface area is 200 Å². The molecule has 0 bridgehead atoms. The Balaban J connectivity index is 1.98. The van der Waals surface area contributed by atoms with Gasteiger partial charge in [0, 0.05) is 35.8 Å². The Hall–Kier alpha value is -2.46. The number of hydrogen-bond donors (Lipinski definition) is 1. The van der Waals surface area contributed by atoms with Gasteiger partial charge in [-0.25, -0.2) is 17.6 Å². The van der Waals surface area contributed by atoms with E-state index in [1.54, 1.807) is 13.1 Å². The van der Waals surface area contributed by atoms with Crippen LogP contribution in [0.3, 0.4) is 0 Å². The summed E-state index contributed by atoms with van der Waals surface area (Å²) >= 11 is 7.29. The predicted octanol–water partition coefficient (Wildman–Crippen LogP) is 5.70. The molecule has 1 aliphatic heterocycles. The Kier molecular flexibility index (Phi) is 6.26. The molecular weight excluding hydrogens is 487 g/mol. The van der Waals surface area contributed by atoms with Crippen LogP contribution in [0.1, 0.15) is 23.5 Å². The molecule has 1 atom stereocenters. The van der Waals surface area contributed by atoms with Gasteiger partial charge in [0.1, 0.15) is 15.6 Å². The average molecular weight is 509 g/mol. The van der Waals surface area contributed by atoms with Gasteiger partial charge in [-0.3, -0.25) is 0 Å². The largest absolute Gasteiger partial charge is 0.477 e. The normalized spacial score (nSPS) is 18.2. The lowest BCUT2D eigenvalue weighted by Gasteiger charge is -2.32. The van der Waals surface area contributed by atoms with Gasteiger partial charge >= 0.3 is 5.97 Å². The number of benzene rings is 2. The fourth-order valence-electron chi connectivity index (χ4n) is 4.01. The van der Waals surface area contributed by atoms with E-state index in [1.165, 1.54) is 10.4 Å². The van der Waals surface area contributed by atoms with Crippen molar-refractivity contribution in [3.63, 3.8) is 0 Å². The fourth-order valence-corrected chi connectivity index (χ4v) is 6.91. The number of aromatic carboxylic acids is 1. The highest BCUT2D eigenvalue weighted by Crippen LogP contribution is 2.44. The first-order chi connectivity index (χ1) is 15.5. The topological polar surface area (TPSA) is 77.9 Å². The summed E-state index contributed by atoms with van der Waals surface area (Å²) in [5, 5.41) is 9.41. The molecule has 4 rings (SSSR count). The number of carbonyl (C=O) groups is 1. The van der Waals surface area contributed by atoms with E-state index < -0.39 is 26.7 Å². The summed E-state index contributed by atoms with van der Waals surface area (Å²) in [6, 6.07) is 13.2. The molecule has 1 aromatic heterocycles. The van der Waals surface area contributed by atoms with Gasteiger partial charge in [-0.1, -0.05) is 43.6 Å². The number of sulfonamides is 1. The summed E-state index contributed by atoms with van der Waals surface area (Å²) in [6.45, 7) is 4.35. The van der Waals surface area contributed by atoms with Gasteiger partial charge in [-0.15, -0.1) is 11.3 Å². The lowest BCUT2D eigenvalue weighted by Crippen LogP contribution is -2.44. The van der Waals surface area contributed by atoms with Gasteiger partial charge in [0.25, 0.3) is 0 Å². The van der Waals surface area contributed by atoms with Crippen LogP contribution in [0, 0.1) is 11.7 Å². The van der Waals surface area contributed by atoms with Crippen LogP contribution in [-0.4, -0.2) is 43.4 Å². The van der Waals surface area contributed by atoms with Gasteiger partial charge in [0.05, 0.1) is 10.7 Å². The number of carboxylic acid groups (broad SMARTS) is 1. The van der Waals surface area contributed by atoms with Gasteiger partial charge in [0.2, 0.25) is 10.0 Å². The molecule has 0 radical (unpaired) electrons. The van der Waals surface area contributed by atoms with Crippen molar-refractivity contribution in [3.8, 4) is 10.4 Å². The zero-order valence-corrected chi connectivity index (χ0v) is 20.5. The minimum absolute atomic E-state index is 0.0297. The lowest BCUT2D eigenvalue weighted by molar-refractivity contribution is 0.0697. The SMILES string of the molecule is CC(C)[C@@H]1CN(c2ccccc2)c2cc(Cl)c(-c3cc(F)c(C(=O)O)s3)cc2S(=O)(=O)N1C. The van der Waals surface area contributed by atoms with Crippen molar-refractivity contribution < 1.29 is 22.7 Å². The minimum Gasteiger partial charge on any atom is -0.477 e. The Morgan fingerprint density at radius 1 is 1.21 bits per heavy atom. The zero-order valence-electron chi connectivity index (χ0n) is 18.1. The molecule has 10 heteroatoms. The third-order valence-corrected chi connectivity index (χ3v) is 9.17. The van der Waals surface area contributed by atoms with Gasteiger partial charge in [-0.2, -0.15) is 4.31 Å². The van der Waals surface area contributed by atoms with E-state index in [9.17, 15) is 22.7 Å². The first-order valence-corrected chi connectivity index (χ1v) is 12.8. The highest BCUT2D eigenvalue weighted by atomic mass is 35.5. The third kappa shape index (κ3) is 4.14. The van der Waals surface area contributed by atoms with Crippen LogP contribution in [-0.2, 0) is 10.0 Å². The molecule has 174 valence electrons. The molecule has 0 aliphatic carbocycles. The van der Waals surface area contributed by atoms with Crippen LogP contribution in [0.5, 0.6) is 0 Å². The van der Waals surface area contributed by atoms with Crippen LogP contribution in [0.25, 0.3) is 10.4 Å². The zero-order chi connectivity index (χ0) is 24.1. The molecule has 2 heterocycles. The van der Waals surface area contributed by atoms with Crippen LogP contribution < -0.4 is 4.90 Å². The Morgan fingerprint density at radius 2 is 1.88 bits per heavy atom. The summed E-state index contributed by atoms with van der Waals surface area (Å²) in [4.78, 5) is 13.0. The van der Waals surface area contributed by atoms with E-state index in [0.717, 1.165) is 11.8 Å². The maximum absolute atomic E-state index is 14.2. The van der Waals surface area contributed by atoms with E-state index in [4.69, 9.17) is 11.6 Å². The summed E-state index contributed by atoms with van der Waals surface area (Å²) in [5.41, 5.74) is 1.49. The number of rotatable bonds is 4. The number of likely N-dealkylation sites (N-methyl/N-ethyl adjacent to an activating group) is 1. The number of fused-ring (bicyclic) bond motifs is 1. The lowest BCUT2D eigenvalue weighted by atomic mass is 10.0. The molecule has 33 heavy (non-hydrogen) atoms. The van der Waals surface area contributed by atoms with Crippen LogP contribution >= 0.6 is 22.9 Å². The second kappa shape index (κ2) is 8.72. The highest BCUT2D eigenvalue weighted by molar-refractivity contribution is 7.89. The molecule has 0 amide bonds. The van der Waals surface area contributed by atoms with Crippen molar-refractivity contribution in [2.24, 2.45) is 5.92 Å². The third-order valence-electron chi connectivity index (χ3n) is 5.82. The van der Waals surface area contributed by atoms with Gasteiger partial charge < -0.3 is 10.0 Å². The van der Waals surface area contributed by atoms with E-state index in [0.29, 0.717) is 23.6 Å². The van der Waals surface area contributed by atoms with Crippen molar-refractivity contribution in [1.82, 2.24) is 4.31 Å². The van der Waals surface area contributed by atoms with Crippen LogP contribution in [0.4, 0.5) is 15.8 Å². The summed E-state index contributed by atoms with van der Waals surface area (Å²) < 4.78 is 42.9. The number of nitrogens with zero attached hydrogens (tertiary/aromatic N) is 2. The van der Waals surface area contributed by atoms with Crippen molar-refractivity contribution in [2.45, 2.75) is 24.8 Å². The molecule has 1 aliphatic rings. The second-order valence-corrected chi connectivity index (χ2v) is 11.6. The Morgan fingerprint density at radius 3 is 2.45 bits per heavy atom. The molecular formula is C23H22ClFN2O4S2. The number of thiophene rings is 1. The number of para-hydroxylation sites is 1. The van der Waals surface area contributed by atoms with Gasteiger partial charge in [0.15, 0.2) is 0 Å². The van der Waals surface area contributed by atoms with E-state index in [1.807, 2.05) is 49.1 Å². The number of hydrogen-bond acceptors (Lipinski definition) is 5. The van der Waals surface area contributed by atoms with Crippen molar-refractivity contribution in [2.75, 3.05) is 18.5 Å². The first-order valence-electron chi connectivity index (χ1n) is 10.2. The molecule has 3 aromatic rings. The fraction of sp³-hybridized carbons (Fsp3) is 0.261. The second-order valence-electron chi connectivity index (χ2n) is 8.17. The van der Waals surface area contributed by atoms with E-state index in [-0.39, 0.29) is 32.3 Å². The molecule has 1 N–H and O–H groups in total. The molecule has 6 nitrogen and oxygen atoms in total. The quantitative estimate of drug-likeness (QED) is 0.489. The van der Waals surface area contributed by atoms with Crippen LogP contribution in [0.15, 0.2) is 53.4 Å². The number of carboxylic acids is 1. The summed E-state index contributed by atoms with van der Waals surface area (Å²) in [6.07, 6.45) is 0. The molecule has 0 saturated carbocycles. The predicted molar refractivity (Wildman–Crippen MR) is 129 cm³/mol. The van der Waals surface area contributed by atoms with Crippen molar-refractivity contribution in [3.05, 3.63) is 64.2 Å². The van der Waals surface area contributed by atoms with Gasteiger partial charge in [-0.05, 0) is 36.2 Å². The molecule has 0 unspecified atom stereocenters. The summed E-state index contributed by atoms with van der Waals surface area (Å²) in [5.74, 6) is -2.25. The number of halogens is 2. The maximum atomic E-state index is 14.2.